The number of hydrogen-bond donors (Lipinski definition) is 1. The molecule has 208 valence electrons. The highest BCUT2D eigenvalue weighted by Crippen LogP contribution is 2.25. The van der Waals surface area contributed by atoms with Crippen molar-refractivity contribution in [3.8, 4) is 5.75 Å². The zero-order chi connectivity index (χ0) is 28.8. The van der Waals surface area contributed by atoms with E-state index in [-0.39, 0.29) is 17.3 Å². The maximum absolute atomic E-state index is 13.9. The number of nitrogens with one attached hydrogen (secondary N) is 1. The van der Waals surface area contributed by atoms with Gasteiger partial charge >= 0.3 is 0 Å². The minimum absolute atomic E-state index is 0.0741. The highest BCUT2D eigenvalue weighted by atomic mass is 32.2. The van der Waals surface area contributed by atoms with E-state index in [1.54, 1.807) is 68.6 Å². The molecule has 3 aromatic carbocycles. The van der Waals surface area contributed by atoms with Crippen LogP contribution in [0.1, 0.15) is 38.8 Å². The number of rotatable bonds is 10. The van der Waals surface area contributed by atoms with Gasteiger partial charge in [0.2, 0.25) is 11.8 Å². The molecule has 1 unspecified atom stereocenters. The van der Waals surface area contributed by atoms with Gasteiger partial charge in [-0.2, -0.15) is 0 Å². The molecule has 9 heteroatoms. The first-order chi connectivity index (χ1) is 18.3. The molecule has 2 amide bonds. The molecule has 0 heterocycles. The van der Waals surface area contributed by atoms with Crippen LogP contribution in [0.3, 0.4) is 0 Å². The maximum atomic E-state index is 13.9. The van der Waals surface area contributed by atoms with Crippen molar-refractivity contribution in [1.82, 2.24) is 10.2 Å². The molecule has 0 aromatic heterocycles. The van der Waals surface area contributed by atoms with E-state index in [0.717, 1.165) is 15.4 Å². The molecule has 1 N–H and O–H groups in total. The summed E-state index contributed by atoms with van der Waals surface area (Å²) in [5.41, 5.74) is 1.53. The van der Waals surface area contributed by atoms with E-state index >= 15 is 0 Å². The van der Waals surface area contributed by atoms with Gasteiger partial charge in [-0.3, -0.25) is 13.9 Å². The Morgan fingerprint density at radius 1 is 0.923 bits per heavy atom. The van der Waals surface area contributed by atoms with E-state index in [0.29, 0.717) is 11.4 Å². The highest BCUT2D eigenvalue weighted by Gasteiger charge is 2.33. The number of ether oxygens (including phenoxy) is 1. The Bertz CT molecular complexity index is 1370. The van der Waals surface area contributed by atoms with Crippen LogP contribution in [0.25, 0.3) is 0 Å². The number of benzene rings is 3. The summed E-state index contributed by atoms with van der Waals surface area (Å²) in [5, 5.41) is 2.92. The van der Waals surface area contributed by atoms with Crippen LogP contribution in [0.2, 0.25) is 0 Å². The molecule has 0 spiro atoms. The van der Waals surface area contributed by atoms with Crippen LogP contribution in [-0.2, 0) is 26.2 Å². The molecular weight excluding hydrogens is 514 g/mol. The van der Waals surface area contributed by atoms with E-state index in [1.165, 1.54) is 17.0 Å². The van der Waals surface area contributed by atoms with Gasteiger partial charge in [0, 0.05) is 12.1 Å². The number of amides is 2. The fraction of sp³-hybridized carbons (Fsp3) is 0.333. The average Bonchev–Trinajstić information content (AvgIpc) is 2.90. The van der Waals surface area contributed by atoms with Crippen molar-refractivity contribution in [2.24, 2.45) is 0 Å². The number of aryl methyl sites for hydroxylation is 1. The largest absolute Gasteiger partial charge is 0.497 e. The minimum atomic E-state index is -4.09. The summed E-state index contributed by atoms with van der Waals surface area (Å²) in [5.74, 6) is -0.187. The molecule has 0 saturated carbocycles. The van der Waals surface area contributed by atoms with Crippen LogP contribution in [0, 0.1) is 6.92 Å². The summed E-state index contributed by atoms with van der Waals surface area (Å²) < 4.78 is 33.9. The third-order valence-electron chi connectivity index (χ3n) is 6.11. The van der Waals surface area contributed by atoms with Crippen LogP contribution in [0.15, 0.2) is 83.8 Å². The van der Waals surface area contributed by atoms with Crippen molar-refractivity contribution in [3.05, 3.63) is 90.0 Å². The van der Waals surface area contributed by atoms with Gasteiger partial charge in [-0.15, -0.1) is 0 Å². The molecule has 0 radical (unpaired) electrons. The van der Waals surface area contributed by atoms with E-state index in [4.69, 9.17) is 4.74 Å². The Balaban J connectivity index is 2.00. The second-order valence-corrected chi connectivity index (χ2v) is 12.3. The zero-order valence-corrected chi connectivity index (χ0v) is 24.2. The Labute approximate surface area is 231 Å². The van der Waals surface area contributed by atoms with Crippen molar-refractivity contribution < 1.29 is 22.7 Å². The lowest BCUT2D eigenvalue weighted by atomic mass is 10.1. The van der Waals surface area contributed by atoms with Gasteiger partial charge in [0.25, 0.3) is 10.0 Å². The van der Waals surface area contributed by atoms with Gasteiger partial charge < -0.3 is 15.0 Å². The Morgan fingerprint density at radius 3 is 2.05 bits per heavy atom. The van der Waals surface area contributed by atoms with Crippen LogP contribution in [0.5, 0.6) is 5.75 Å². The normalized spacial score (nSPS) is 12.4. The molecule has 3 rings (SSSR count). The van der Waals surface area contributed by atoms with E-state index in [2.05, 4.69) is 5.32 Å². The third-order valence-corrected chi connectivity index (χ3v) is 7.90. The van der Waals surface area contributed by atoms with Crippen LogP contribution < -0.4 is 14.4 Å². The average molecular weight is 552 g/mol. The Hall–Kier alpha value is -3.85. The molecular formula is C30H37N3O5S. The molecule has 0 saturated heterocycles. The lowest BCUT2D eigenvalue weighted by molar-refractivity contribution is -0.140. The quantitative estimate of drug-likeness (QED) is 0.399. The number of anilines is 1. The molecule has 0 fully saturated rings. The minimum Gasteiger partial charge on any atom is -0.497 e. The first-order valence-electron chi connectivity index (χ1n) is 12.7. The Morgan fingerprint density at radius 2 is 1.51 bits per heavy atom. The maximum Gasteiger partial charge on any atom is 0.264 e. The number of carbonyl (C=O) groups is 2. The van der Waals surface area contributed by atoms with E-state index in [9.17, 15) is 18.0 Å². The topological polar surface area (TPSA) is 96.0 Å². The lowest BCUT2D eigenvalue weighted by Crippen LogP contribution is -2.54. The molecule has 0 bridgehead atoms. The zero-order valence-electron chi connectivity index (χ0n) is 23.3. The second kappa shape index (κ2) is 12.3. The van der Waals surface area contributed by atoms with Gasteiger partial charge in [-0.05, 0) is 76.6 Å². The summed E-state index contributed by atoms with van der Waals surface area (Å²) in [6, 6.07) is 21.3. The summed E-state index contributed by atoms with van der Waals surface area (Å²) in [7, 11) is -2.52. The number of sulfonamides is 1. The van der Waals surface area contributed by atoms with Crippen LogP contribution >= 0.6 is 0 Å². The van der Waals surface area contributed by atoms with Crippen molar-refractivity contribution in [2.45, 2.75) is 57.6 Å². The molecule has 39 heavy (non-hydrogen) atoms. The molecule has 0 aliphatic rings. The molecule has 8 nitrogen and oxygen atoms in total. The van der Waals surface area contributed by atoms with Crippen molar-refractivity contribution >= 4 is 27.5 Å². The first-order valence-corrected chi connectivity index (χ1v) is 14.1. The fourth-order valence-electron chi connectivity index (χ4n) is 3.94. The fourth-order valence-corrected chi connectivity index (χ4v) is 5.36. The van der Waals surface area contributed by atoms with Crippen LogP contribution in [-0.4, -0.2) is 50.4 Å². The number of nitrogens with zero attached hydrogens (tertiary/aromatic N) is 2. The van der Waals surface area contributed by atoms with Crippen molar-refractivity contribution in [2.75, 3.05) is 18.0 Å². The van der Waals surface area contributed by atoms with Gasteiger partial charge in [0.05, 0.1) is 17.7 Å². The number of hydrogen-bond acceptors (Lipinski definition) is 5. The standard InChI is InChI=1S/C30H37N3O5S/c1-22-12-18-27(19-13-22)39(36,37)33(25-10-8-7-9-11-25)21-28(34)32(23(2)29(35)31-30(3,4)5)20-24-14-16-26(38-6)17-15-24/h7-19,23H,20-21H2,1-6H3,(H,31,35). The predicted molar refractivity (Wildman–Crippen MR) is 153 cm³/mol. The first kappa shape index (κ1) is 29.7. The molecule has 3 aromatic rings. The third kappa shape index (κ3) is 7.83. The number of para-hydroxylation sites is 1. The van der Waals surface area contributed by atoms with Gasteiger partial charge in [0.15, 0.2) is 0 Å². The van der Waals surface area contributed by atoms with Gasteiger partial charge in [-0.25, -0.2) is 8.42 Å². The van der Waals surface area contributed by atoms with Crippen LogP contribution in [0.4, 0.5) is 5.69 Å². The number of methoxy groups -OCH3 is 1. The van der Waals surface area contributed by atoms with Gasteiger partial charge in [0.1, 0.15) is 18.3 Å². The summed E-state index contributed by atoms with van der Waals surface area (Å²) >= 11 is 0. The number of carbonyl (C=O) groups excluding carboxylic acids is 2. The smallest absolute Gasteiger partial charge is 0.264 e. The highest BCUT2D eigenvalue weighted by molar-refractivity contribution is 7.92. The summed E-state index contributed by atoms with van der Waals surface area (Å²) in [4.78, 5) is 28.5. The summed E-state index contributed by atoms with van der Waals surface area (Å²) in [6.45, 7) is 8.72. The van der Waals surface area contributed by atoms with Gasteiger partial charge in [-0.1, -0.05) is 48.0 Å². The second-order valence-electron chi connectivity index (χ2n) is 10.4. The molecule has 1 atom stereocenters. The van der Waals surface area contributed by atoms with E-state index in [1.807, 2.05) is 39.8 Å². The molecule has 0 aliphatic heterocycles. The van der Waals surface area contributed by atoms with Crippen molar-refractivity contribution in [3.63, 3.8) is 0 Å². The van der Waals surface area contributed by atoms with Crippen molar-refractivity contribution in [1.29, 1.82) is 0 Å². The summed E-state index contributed by atoms with van der Waals surface area (Å²) in [6.07, 6.45) is 0. The molecule has 0 aliphatic carbocycles. The monoisotopic (exact) mass is 551 g/mol. The predicted octanol–water partition coefficient (Wildman–Crippen LogP) is 4.53. The van der Waals surface area contributed by atoms with E-state index < -0.39 is 34.1 Å². The SMILES string of the molecule is COc1ccc(CN(C(=O)CN(c2ccccc2)S(=O)(=O)c2ccc(C)cc2)C(C)C(=O)NC(C)(C)C)cc1. The lowest BCUT2D eigenvalue weighted by Gasteiger charge is -2.33. The Kier molecular flexibility index (Phi) is 9.40.